The molecule has 1 aliphatic carbocycles. The van der Waals surface area contributed by atoms with Crippen LogP contribution in [-0.2, 0) is 23.9 Å². The highest BCUT2D eigenvalue weighted by Gasteiger charge is 2.55. The molecule has 0 aromatic heterocycles. The Hall–Kier alpha value is -2.59. The normalized spacial score (nSPS) is 25.3. The van der Waals surface area contributed by atoms with Crippen molar-refractivity contribution in [1.82, 2.24) is 10.2 Å². The molecule has 34 heavy (non-hydrogen) atoms. The van der Waals surface area contributed by atoms with Gasteiger partial charge in [-0.3, -0.25) is 14.4 Å². The van der Waals surface area contributed by atoms with Gasteiger partial charge in [0.15, 0.2) is 0 Å². The largest absolute Gasteiger partial charge is 0.480 e. The summed E-state index contributed by atoms with van der Waals surface area (Å²) in [5.41, 5.74) is -0.472. The highest BCUT2D eigenvalue weighted by molar-refractivity contribution is 5.92. The molecule has 1 aliphatic heterocycles. The molecule has 2 rings (SSSR count). The van der Waals surface area contributed by atoms with Crippen LogP contribution in [-0.4, -0.2) is 65.2 Å². The maximum atomic E-state index is 12.8. The molecule has 11 heteroatoms. The van der Waals surface area contributed by atoms with E-state index in [1.165, 1.54) is 0 Å². The van der Waals surface area contributed by atoms with Gasteiger partial charge in [0.2, 0.25) is 5.91 Å². The number of hydrogen-bond donors (Lipinski definition) is 2. The highest BCUT2D eigenvalue weighted by atomic mass is 19.4. The van der Waals surface area contributed by atoms with E-state index >= 15 is 0 Å². The molecule has 0 aromatic carbocycles. The second-order valence-electron chi connectivity index (χ2n) is 9.07. The minimum Gasteiger partial charge on any atom is -0.480 e. The summed E-state index contributed by atoms with van der Waals surface area (Å²) < 4.78 is 43.3. The predicted octanol–water partition coefficient (Wildman–Crippen LogP) is 3.21. The van der Waals surface area contributed by atoms with Crippen molar-refractivity contribution in [3.8, 4) is 0 Å². The van der Waals surface area contributed by atoms with Gasteiger partial charge in [0.1, 0.15) is 12.1 Å². The number of alkyl halides is 3. The third-order valence-corrected chi connectivity index (χ3v) is 6.46. The lowest BCUT2D eigenvalue weighted by Crippen LogP contribution is -2.53. The molecular formula is C23H33F3N2O6. The van der Waals surface area contributed by atoms with Gasteiger partial charge in [0.25, 0.3) is 0 Å². The first-order chi connectivity index (χ1) is 15.9. The highest BCUT2D eigenvalue weighted by Crippen LogP contribution is 2.54. The zero-order valence-electron chi connectivity index (χ0n) is 19.5. The molecule has 0 unspecified atom stereocenters. The van der Waals surface area contributed by atoms with Crippen molar-refractivity contribution in [3.63, 3.8) is 0 Å². The van der Waals surface area contributed by atoms with E-state index in [0.29, 0.717) is 32.3 Å². The number of allylic oxidation sites excluding steroid dienone is 2. The second kappa shape index (κ2) is 11.7. The number of carbonyl (C=O) groups excluding carboxylic acids is 3. The zero-order chi connectivity index (χ0) is 25.5. The minimum atomic E-state index is -5.14. The molecule has 1 saturated carbocycles. The summed E-state index contributed by atoms with van der Waals surface area (Å²) in [5.74, 6) is -4.30. The quantitative estimate of drug-likeness (QED) is 0.247. The zero-order valence-corrected chi connectivity index (χ0v) is 19.5. The number of nitrogens with zero attached hydrogens (tertiary/aromatic N) is 1. The maximum Gasteiger partial charge on any atom is 0.471 e. The van der Waals surface area contributed by atoms with Gasteiger partial charge < -0.3 is 20.1 Å². The summed E-state index contributed by atoms with van der Waals surface area (Å²) in [4.78, 5) is 48.5. The molecule has 192 valence electrons. The van der Waals surface area contributed by atoms with Crippen molar-refractivity contribution in [2.24, 2.45) is 11.3 Å². The third-order valence-electron chi connectivity index (χ3n) is 6.46. The first-order valence-corrected chi connectivity index (χ1v) is 11.7. The summed E-state index contributed by atoms with van der Waals surface area (Å²) in [6.45, 7) is 4.09. The summed E-state index contributed by atoms with van der Waals surface area (Å²) in [7, 11) is 0. The van der Waals surface area contributed by atoms with E-state index in [9.17, 15) is 37.5 Å². The number of ether oxygens (including phenoxy) is 1. The Morgan fingerprint density at radius 3 is 2.56 bits per heavy atom. The van der Waals surface area contributed by atoms with Crippen molar-refractivity contribution in [3.05, 3.63) is 12.2 Å². The fraction of sp³-hybridized carbons (Fsp3) is 0.739. The monoisotopic (exact) mass is 490 g/mol. The number of esters is 1. The Morgan fingerprint density at radius 2 is 1.94 bits per heavy atom. The maximum absolute atomic E-state index is 12.8. The van der Waals surface area contributed by atoms with Crippen LogP contribution >= 0.6 is 0 Å². The van der Waals surface area contributed by atoms with Crippen LogP contribution in [0.2, 0.25) is 0 Å². The number of amides is 2. The number of carboxylic acids is 1. The third kappa shape index (κ3) is 7.20. The van der Waals surface area contributed by atoms with E-state index in [1.807, 2.05) is 19.1 Å². The Kier molecular flexibility index (Phi) is 9.52. The lowest BCUT2D eigenvalue weighted by atomic mass is 10.0. The van der Waals surface area contributed by atoms with Gasteiger partial charge in [-0.05, 0) is 58.3 Å². The van der Waals surface area contributed by atoms with E-state index in [4.69, 9.17) is 4.74 Å². The molecule has 2 fully saturated rings. The van der Waals surface area contributed by atoms with Gasteiger partial charge in [-0.2, -0.15) is 13.2 Å². The van der Waals surface area contributed by atoms with Crippen molar-refractivity contribution < 1.29 is 42.2 Å². The van der Waals surface area contributed by atoms with Crippen LogP contribution in [0.15, 0.2) is 12.2 Å². The topological polar surface area (TPSA) is 113 Å². The van der Waals surface area contributed by atoms with Crippen LogP contribution in [0, 0.1) is 11.3 Å². The number of hydrogen-bond acceptors (Lipinski definition) is 5. The first-order valence-electron chi connectivity index (χ1n) is 11.7. The van der Waals surface area contributed by atoms with Crippen LogP contribution in [0.1, 0.15) is 65.2 Å². The van der Waals surface area contributed by atoms with Gasteiger partial charge in [-0.15, -0.1) is 0 Å². The fourth-order valence-electron chi connectivity index (χ4n) is 4.24. The molecule has 1 heterocycles. The second-order valence-corrected chi connectivity index (χ2v) is 9.07. The average Bonchev–Trinajstić information content (AvgIpc) is 3.19. The van der Waals surface area contributed by atoms with Crippen LogP contribution in [0.25, 0.3) is 0 Å². The Balaban J connectivity index is 1.82. The van der Waals surface area contributed by atoms with Crippen molar-refractivity contribution >= 4 is 23.8 Å². The molecule has 2 N–H and O–H groups in total. The number of rotatable bonds is 12. The molecule has 2 aliphatic rings. The summed E-state index contributed by atoms with van der Waals surface area (Å²) in [6.07, 6.45) is 2.60. The van der Waals surface area contributed by atoms with Crippen molar-refractivity contribution in [2.45, 2.75) is 83.5 Å². The molecule has 0 radical (unpaired) electrons. The Labute approximate surface area is 196 Å². The molecule has 8 nitrogen and oxygen atoms in total. The molecule has 0 bridgehead atoms. The smallest absolute Gasteiger partial charge is 0.471 e. The van der Waals surface area contributed by atoms with Gasteiger partial charge in [-0.1, -0.05) is 25.0 Å². The SMILES string of the molecule is CCOC(=O)[C@@]1(C)C[C@H]1/C=C\CCCCC[C@H](NC(=O)C(F)(F)F)C(=O)N1CCC[C@H]1C(=O)O. The molecule has 0 aromatic rings. The van der Waals surface area contributed by atoms with Crippen molar-refractivity contribution in [2.75, 3.05) is 13.2 Å². The number of carbonyl (C=O) groups is 4. The first kappa shape index (κ1) is 27.7. The van der Waals surface area contributed by atoms with E-state index in [2.05, 4.69) is 0 Å². The van der Waals surface area contributed by atoms with Gasteiger partial charge in [0, 0.05) is 6.54 Å². The lowest BCUT2D eigenvalue weighted by molar-refractivity contribution is -0.175. The number of carboxylic acid groups (broad SMARTS) is 1. The van der Waals surface area contributed by atoms with E-state index in [-0.39, 0.29) is 31.3 Å². The van der Waals surface area contributed by atoms with Gasteiger partial charge in [0.05, 0.1) is 12.0 Å². The van der Waals surface area contributed by atoms with E-state index < -0.39 is 41.5 Å². The fourth-order valence-corrected chi connectivity index (χ4v) is 4.24. The predicted molar refractivity (Wildman–Crippen MR) is 115 cm³/mol. The molecule has 2 amide bonds. The van der Waals surface area contributed by atoms with E-state index in [0.717, 1.165) is 17.7 Å². The van der Waals surface area contributed by atoms with Crippen molar-refractivity contribution in [1.29, 1.82) is 0 Å². The molecular weight excluding hydrogens is 457 g/mol. The van der Waals surface area contributed by atoms with Crippen LogP contribution in [0.3, 0.4) is 0 Å². The van der Waals surface area contributed by atoms with Crippen LogP contribution in [0.4, 0.5) is 13.2 Å². The number of halogens is 3. The summed E-state index contributed by atoms with van der Waals surface area (Å²) >= 11 is 0. The summed E-state index contributed by atoms with van der Waals surface area (Å²) in [6, 6.07) is -2.52. The molecule has 4 atom stereocenters. The number of unbranched alkanes of at least 4 members (excludes halogenated alkanes) is 3. The Bertz CT molecular complexity index is 800. The lowest BCUT2D eigenvalue weighted by Gasteiger charge is -2.27. The van der Waals surface area contributed by atoms with Crippen LogP contribution in [0.5, 0.6) is 0 Å². The number of aliphatic carboxylic acids is 1. The van der Waals surface area contributed by atoms with Gasteiger partial charge in [-0.25, -0.2) is 4.79 Å². The van der Waals surface area contributed by atoms with Crippen LogP contribution < -0.4 is 5.32 Å². The van der Waals surface area contributed by atoms with E-state index in [1.54, 1.807) is 12.2 Å². The Morgan fingerprint density at radius 1 is 1.24 bits per heavy atom. The number of nitrogens with one attached hydrogen (secondary N) is 1. The van der Waals surface area contributed by atoms with Gasteiger partial charge >= 0.3 is 24.0 Å². The molecule has 0 spiro atoms. The summed E-state index contributed by atoms with van der Waals surface area (Å²) in [5, 5.41) is 11.0. The average molecular weight is 491 g/mol. The minimum absolute atomic E-state index is 0.0171. The molecule has 1 saturated heterocycles. The number of likely N-dealkylation sites (tertiary alicyclic amines) is 1. The standard InChI is InChI=1S/C23H33F3N2O6/c1-3-34-21(33)22(2)14-15(22)10-7-5-4-6-8-11-16(27-20(32)23(24,25)26)18(29)28-13-9-12-17(28)19(30)31/h7,10,15-17H,3-6,8-9,11-14H2,1-2H3,(H,27,32)(H,30,31)/b10-7-/t15-,16+,17+,22+/m1/s1.